The Kier molecular flexibility index (Phi) is 2.69. The van der Waals surface area contributed by atoms with Crippen LogP contribution in [-0.2, 0) is 0 Å². The van der Waals surface area contributed by atoms with Crippen molar-refractivity contribution in [2.24, 2.45) is 0 Å². The summed E-state index contributed by atoms with van der Waals surface area (Å²) in [6.45, 7) is 6.16. The minimum absolute atomic E-state index is 0.339. The fourth-order valence-electron chi connectivity index (χ4n) is 2.20. The molecule has 1 nitrogen and oxygen atoms in total. The molecule has 0 fully saturated rings. The van der Waals surface area contributed by atoms with Crippen LogP contribution in [0.1, 0.15) is 16.7 Å². The number of aryl methyl sites for hydroxylation is 3. The molecule has 1 N–H and O–H groups in total. The second-order valence-corrected chi connectivity index (χ2v) is 4.32. The van der Waals surface area contributed by atoms with Crippen LogP contribution in [0.2, 0.25) is 0 Å². The molecule has 0 saturated heterocycles. The molecule has 2 aromatic carbocycles. The van der Waals surface area contributed by atoms with Crippen molar-refractivity contribution in [2.45, 2.75) is 20.8 Å². The maximum Gasteiger partial charge on any atom is 0.116 e. The third-order valence-electron chi connectivity index (χ3n) is 2.82. The first kappa shape index (κ1) is 10.7. The Hall–Kier alpha value is -1.76. The van der Waals surface area contributed by atoms with E-state index in [-0.39, 0.29) is 0 Å². The molecule has 2 aromatic rings. The predicted octanol–water partition coefficient (Wildman–Crippen LogP) is 3.98. The van der Waals surface area contributed by atoms with E-state index in [9.17, 15) is 5.11 Å². The van der Waals surface area contributed by atoms with Gasteiger partial charge in [0, 0.05) is 0 Å². The lowest BCUT2D eigenvalue weighted by atomic mass is 9.94. The molecule has 1 heteroatoms. The average molecular weight is 212 g/mol. The summed E-state index contributed by atoms with van der Waals surface area (Å²) < 4.78 is 0. The molecule has 0 bridgehead atoms. The van der Waals surface area contributed by atoms with Crippen LogP contribution in [-0.4, -0.2) is 5.11 Å². The molecule has 82 valence electrons. The number of benzene rings is 2. The Morgan fingerprint density at radius 3 is 2.06 bits per heavy atom. The summed E-state index contributed by atoms with van der Waals surface area (Å²) in [5.41, 5.74) is 5.92. The fourth-order valence-corrected chi connectivity index (χ4v) is 2.20. The highest BCUT2D eigenvalue weighted by molar-refractivity contribution is 5.72. The normalized spacial score (nSPS) is 10.4. The van der Waals surface area contributed by atoms with Crippen molar-refractivity contribution >= 4 is 0 Å². The fraction of sp³-hybridized carbons (Fsp3) is 0.200. The highest BCUT2D eigenvalue weighted by Crippen LogP contribution is 2.30. The van der Waals surface area contributed by atoms with Gasteiger partial charge in [0.15, 0.2) is 0 Å². The van der Waals surface area contributed by atoms with Crippen LogP contribution in [0, 0.1) is 20.8 Å². The molecule has 0 amide bonds. The van der Waals surface area contributed by atoms with Gasteiger partial charge in [-0.15, -0.1) is 0 Å². The quantitative estimate of drug-likeness (QED) is 0.758. The lowest BCUT2D eigenvalue weighted by Crippen LogP contribution is -1.88. The third-order valence-corrected chi connectivity index (χ3v) is 2.82. The van der Waals surface area contributed by atoms with Gasteiger partial charge in [0.2, 0.25) is 0 Å². The second-order valence-electron chi connectivity index (χ2n) is 4.32. The van der Waals surface area contributed by atoms with E-state index >= 15 is 0 Å². The summed E-state index contributed by atoms with van der Waals surface area (Å²) >= 11 is 0. The van der Waals surface area contributed by atoms with Crippen molar-refractivity contribution in [2.75, 3.05) is 0 Å². The summed E-state index contributed by atoms with van der Waals surface area (Å²) in [5, 5.41) is 9.52. The van der Waals surface area contributed by atoms with E-state index in [2.05, 4.69) is 31.2 Å². The van der Waals surface area contributed by atoms with E-state index < -0.39 is 0 Å². The first-order valence-corrected chi connectivity index (χ1v) is 5.45. The van der Waals surface area contributed by atoms with Gasteiger partial charge in [-0.1, -0.05) is 29.8 Å². The van der Waals surface area contributed by atoms with Crippen LogP contribution in [0.25, 0.3) is 11.1 Å². The van der Waals surface area contributed by atoms with E-state index in [1.54, 1.807) is 0 Å². The first-order valence-electron chi connectivity index (χ1n) is 5.45. The zero-order valence-corrected chi connectivity index (χ0v) is 9.91. The number of hydrogen-bond acceptors (Lipinski definition) is 1. The molecule has 0 aromatic heterocycles. The highest BCUT2D eigenvalue weighted by atomic mass is 16.3. The number of hydrogen-bond donors (Lipinski definition) is 1. The summed E-state index contributed by atoms with van der Waals surface area (Å²) in [4.78, 5) is 0. The molecule has 0 unspecified atom stereocenters. The van der Waals surface area contributed by atoms with Crippen LogP contribution in [0.3, 0.4) is 0 Å². The van der Waals surface area contributed by atoms with Crippen molar-refractivity contribution < 1.29 is 5.11 Å². The highest BCUT2D eigenvalue weighted by Gasteiger charge is 2.07. The zero-order chi connectivity index (χ0) is 11.7. The minimum atomic E-state index is 0.339. The Balaban J connectivity index is 2.64. The summed E-state index contributed by atoms with van der Waals surface area (Å²) in [5.74, 6) is 0.339. The van der Waals surface area contributed by atoms with Crippen molar-refractivity contribution in [3.05, 3.63) is 53.1 Å². The molecule has 0 aliphatic rings. The second kappa shape index (κ2) is 4.01. The summed E-state index contributed by atoms with van der Waals surface area (Å²) in [6.07, 6.45) is 0. The smallest absolute Gasteiger partial charge is 0.116 e. The van der Waals surface area contributed by atoms with Crippen LogP contribution >= 0.6 is 0 Å². The lowest BCUT2D eigenvalue weighted by Gasteiger charge is -2.11. The molecular formula is C15H16O. The van der Waals surface area contributed by atoms with E-state index in [1.165, 1.54) is 16.7 Å². The molecule has 2 rings (SSSR count). The van der Waals surface area contributed by atoms with Crippen molar-refractivity contribution in [3.63, 3.8) is 0 Å². The van der Waals surface area contributed by atoms with Gasteiger partial charge in [-0.3, -0.25) is 0 Å². The van der Waals surface area contributed by atoms with Crippen LogP contribution in [0.4, 0.5) is 0 Å². The van der Waals surface area contributed by atoms with Gasteiger partial charge in [-0.2, -0.15) is 0 Å². The van der Waals surface area contributed by atoms with Crippen LogP contribution in [0.15, 0.2) is 36.4 Å². The summed E-state index contributed by atoms with van der Waals surface area (Å²) in [7, 11) is 0. The van der Waals surface area contributed by atoms with Gasteiger partial charge in [0.1, 0.15) is 5.75 Å². The van der Waals surface area contributed by atoms with Gasteiger partial charge in [0.05, 0.1) is 0 Å². The van der Waals surface area contributed by atoms with E-state index in [0.29, 0.717) is 5.75 Å². The monoisotopic (exact) mass is 212 g/mol. The molecule has 0 spiro atoms. The van der Waals surface area contributed by atoms with E-state index in [1.807, 2.05) is 26.0 Å². The lowest BCUT2D eigenvalue weighted by molar-refractivity contribution is 0.474. The number of rotatable bonds is 1. The molecule has 0 saturated carbocycles. The Morgan fingerprint density at radius 2 is 1.50 bits per heavy atom. The Bertz CT molecular complexity index is 504. The van der Waals surface area contributed by atoms with Gasteiger partial charge < -0.3 is 5.11 Å². The Labute approximate surface area is 96.4 Å². The van der Waals surface area contributed by atoms with Crippen LogP contribution < -0.4 is 0 Å². The SMILES string of the molecule is Cc1cccc(-c2c(C)cc(O)cc2C)c1. The predicted molar refractivity (Wildman–Crippen MR) is 67.8 cm³/mol. The number of phenols is 1. The molecule has 0 aliphatic heterocycles. The number of phenolic OH excluding ortho intramolecular Hbond substituents is 1. The maximum absolute atomic E-state index is 9.52. The molecule has 0 radical (unpaired) electrons. The van der Waals surface area contributed by atoms with Gasteiger partial charge in [-0.05, 0) is 55.2 Å². The maximum atomic E-state index is 9.52. The van der Waals surface area contributed by atoms with Crippen molar-refractivity contribution in [1.29, 1.82) is 0 Å². The molecule has 0 aliphatic carbocycles. The van der Waals surface area contributed by atoms with Gasteiger partial charge in [-0.25, -0.2) is 0 Å². The topological polar surface area (TPSA) is 20.2 Å². The van der Waals surface area contributed by atoms with Gasteiger partial charge in [0.25, 0.3) is 0 Å². The van der Waals surface area contributed by atoms with E-state index in [0.717, 1.165) is 11.1 Å². The standard InChI is InChI=1S/C15H16O/c1-10-5-4-6-13(7-10)15-11(2)8-14(16)9-12(15)3/h4-9,16H,1-3H3. The van der Waals surface area contributed by atoms with Crippen molar-refractivity contribution in [1.82, 2.24) is 0 Å². The largest absolute Gasteiger partial charge is 0.508 e. The first-order chi connectivity index (χ1) is 7.58. The van der Waals surface area contributed by atoms with Crippen LogP contribution in [0.5, 0.6) is 5.75 Å². The summed E-state index contributed by atoms with van der Waals surface area (Å²) in [6, 6.07) is 12.1. The molecule has 0 heterocycles. The molecule has 0 atom stereocenters. The molecule has 16 heavy (non-hydrogen) atoms. The zero-order valence-electron chi connectivity index (χ0n) is 9.91. The molecular weight excluding hydrogens is 196 g/mol. The van der Waals surface area contributed by atoms with Gasteiger partial charge >= 0.3 is 0 Å². The Morgan fingerprint density at radius 1 is 0.875 bits per heavy atom. The third kappa shape index (κ3) is 1.94. The minimum Gasteiger partial charge on any atom is -0.508 e. The van der Waals surface area contributed by atoms with E-state index in [4.69, 9.17) is 0 Å². The number of aromatic hydroxyl groups is 1. The van der Waals surface area contributed by atoms with Crippen molar-refractivity contribution in [3.8, 4) is 16.9 Å². The average Bonchev–Trinajstić information content (AvgIpc) is 2.15.